The minimum Gasteiger partial charge on any atom is -0.385 e. The topological polar surface area (TPSA) is 64.3 Å². The quantitative estimate of drug-likeness (QED) is 0.701. The van der Waals surface area contributed by atoms with Crippen molar-refractivity contribution in [2.45, 2.75) is 32.2 Å². The van der Waals surface area contributed by atoms with E-state index in [1.807, 2.05) is 0 Å². The molecule has 3 unspecified atom stereocenters. The summed E-state index contributed by atoms with van der Waals surface area (Å²) in [6.45, 7) is 3.88. The van der Waals surface area contributed by atoms with E-state index in [1.54, 1.807) is 7.11 Å². The second kappa shape index (κ2) is 6.08. The largest absolute Gasteiger partial charge is 0.385 e. The van der Waals surface area contributed by atoms with Crippen molar-refractivity contribution in [3.63, 3.8) is 0 Å². The van der Waals surface area contributed by atoms with Gasteiger partial charge in [-0.2, -0.15) is 0 Å². The summed E-state index contributed by atoms with van der Waals surface area (Å²) in [4.78, 5) is 11.3. The number of hydrogen-bond acceptors (Lipinski definition) is 3. The van der Waals surface area contributed by atoms with Crippen LogP contribution in [-0.2, 0) is 9.53 Å². The van der Waals surface area contributed by atoms with Crippen LogP contribution in [0.2, 0.25) is 0 Å². The molecule has 0 aromatic carbocycles. The number of methoxy groups -OCH3 is 1. The minimum atomic E-state index is -0.170. The van der Waals surface area contributed by atoms with Crippen molar-refractivity contribution < 1.29 is 9.53 Å². The molecule has 0 aromatic heterocycles. The van der Waals surface area contributed by atoms with Gasteiger partial charge in [0.25, 0.3) is 0 Å². The number of carbonyl (C=O) groups is 1. The molecule has 3 atom stereocenters. The third-order valence-electron chi connectivity index (χ3n) is 3.26. The van der Waals surface area contributed by atoms with Crippen LogP contribution in [0.1, 0.15) is 26.2 Å². The van der Waals surface area contributed by atoms with Crippen LogP contribution >= 0.6 is 0 Å². The molecule has 0 spiro atoms. The monoisotopic (exact) mass is 214 g/mol. The molecule has 1 saturated heterocycles. The molecule has 0 aliphatic carbocycles. The number of hydrogen-bond donors (Lipinski definition) is 2. The Morgan fingerprint density at radius 2 is 2.40 bits per heavy atom. The zero-order valence-corrected chi connectivity index (χ0v) is 9.66. The van der Waals surface area contributed by atoms with E-state index in [0.29, 0.717) is 5.92 Å². The van der Waals surface area contributed by atoms with E-state index in [9.17, 15) is 4.79 Å². The molecule has 0 aromatic rings. The first-order valence-electron chi connectivity index (χ1n) is 5.68. The van der Waals surface area contributed by atoms with Crippen molar-refractivity contribution >= 4 is 5.91 Å². The van der Waals surface area contributed by atoms with Crippen LogP contribution < -0.4 is 11.1 Å². The second-order valence-electron chi connectivity index (χ2n) is 4.39. The van der Waals surface area contributed by atoms with Crippen LogP contribution in [0.15, 0.2) is 0 Å². The molecule has 1 amide bonds. The molecule has 4 nitrogen and oxygen atoms in total. The van der Waals surface area contributed by atoms with E-state index in [0.717, 1.165) is 32.4 Å². The van der Waals surface area contributed by atoms with Gasteiger partial charge in [0, 0.05) is 19.8 Å². The van der Waals surface area contributed by atoms with Crippen LogP contribution in [0.5, 0.6) is 0 Å². The Labute approximate surface area is 91.5 Å². The number of ether oxygens (including phenoxy) is 1. The summed E-state index contributed by atoms with van der Waals surface area (Å²) in [6, 6.07) is 0.228. The molecule has 15 heavy (non-hydrogen) atoms. The van der Waals surface area contributed by atoms with E-state index in [-0.39, 0.29) is 17.9 Å². The number of nitrogens with two attached hydrogens (primary N) is 1. The summed E-state index contributed by atoms with van der Waals surface area (Å²) in [7, 11) is 1.70. The van der Waals surface area contributed by atoms with Gasteiger partial charge in [-0.1, -0.05) is 6.92 Å². The molecule has 1 rings (SSSR count). The van der Waals surface area contributed by atoms with Gasteiger partial charge in [-0.25, -0.2) is 0 Å². The van der Waals surface area contributed by atoms with Gasteiger partial charge in [0.15, 0.2) is 0 Å². The summed E-state index contributed by atoms with van der Waals surface area (Å²) in [5.41, 5.74) is 5.41. The third kappa shape index (κ3) is 3.47. The lowest BCUT2D eigenvalue weighted by Crippen LogP contribution is -2.50. The maximum absolute atomic E-state index is 11.3. The Balaban J connectivity index is 2.51. The van der Waals surface area contributed by atoms with Crippen LogP contribution in [0, 0.1) is 11.8 Å². The predicted octanol–water partition coefficient (Wildman–Crippen LogP) is 0.513. The number of piperidine rings is 1. The maximum atomic E-state index is 11.3. The van der Waals surface area contributed by atoms with Crippen molar-refractivity contribution in [2.24, 2.45) is 17.6 Å². The molecule has 1 fully saturated rings. The first-order valence-corrected chi connectivity index (χ1v) is 5.68. The zero-order chi connectivity index (χ0) is 11.3. The first-order chi connectivity index (χ1) is 7.16. The van der Waals surface area contributed by atoms with E-state index < -0.39 is 0 Å². The molecular weight excluding hydrogens is 192 g/mol. The molecule has 3 N–H and O–H groups in total. The van der Waals surface area contributed by atoms with Gasteiger partial charge in [-0.3, -0.25) is 4.79 Å². The molecule has 1 aliphatic heterocycles. The van der Waals surface area contributed by atoms with Crippen molar-refractivity contribution in [2.75, 3.05) is 20.3 Å². The first kappa shape index (κ1) is 12.5. The van der Waals surface area contributed by atoms with Gasteiger partial charge in [-0.15, -0.1) is 0 Å². The number of carbonyl (C=O) groups excluding carboxylic acids is 1. The summed E-state index contributed by atoms with van der Waals surface area (Å²) in [5, 5.41) is 3.40. The fourth-order valence-electron chi connectivity index (χ4n) is 2.31. The highest BCUT2D eigenvalue weighted by Gasteiger charge is 2.32. The lowest BCUT2D eigenvalue weighted by atomic mass is 9.82. The van der Waals surface area contributed by atoms with E-state index >= 15 is 0 Å². The molecule has 0 radical (unpaired) electrons. The SMILES string of the molecule is COCCC(C)C1NCCCC1C(N)=O. The van der Waals surface area contributed by atoms with E-state index in [2.05, 4.69) is 12.2 Å². The molecule has 0 bridgehead atoms. The predicted molar refractivity (Wildman–Crippen MR) is 59.4 cm³/mol. The molecule has 88 valence electrons. The number of nitrogens with one attached hydrogen (secondary N) is 1. The average molecular weight is 214 g/mol. The van der Waals surface area contributed by atoms with Crippen LogP contribution in [0.4, 0.5) is 0 Å². The van der Waals surface area contributed by atoms with E-state index in [1.165, 1.54) is 0 Å². The highest BCUT2D eigenvalue weighted by Crippen LogP contribution is 2.23. The number of rotatable bonds is 5. The van der Waals surface area contributed by atoms with E-state index in [4.69, 9.17) is 10.5 Å². The number of amides is 1. The Morgan fingerprint density at radius 3 is 3.00 bits per heavy atom. The van der Waals surface area contributed by atoms with Crippen LogP contribution in [0.25, 0.3) is 0 Å². The Morgan fingerprint density at radius 1 is 1.67 bits per heavy atom. The fraction of sp³-hybridized carbons (Fsp3) is 0.909. The summed E-state index contributed by atoms with van der Waals surface area (Å²) in [5.74, 6) is 0.254. The van der Waals surface area contributed by atoms with Gasteiger partial charge >= 0.3 is 0 Å². The van der Waals surface area contributed by atoms with Crippen molar-refractivity contribution in [3.8, 4) is 0 Å². The zero-order valence-electron chi connectivity index (χ0n) is 9.66. The lowest BCUT2D eigenvalue weighted by Gasteiger charge is -2.34. The van der Waals surface area contributed by atoms with Crippen molar-refractivity contribution in [3.05, 3.63) is 0 Å². The molecule has 0 saturated carbocycles. The Hall–Kier alpha value is -0.610. The summed E-state index contributed by atoms with van der Waals surface area (Å²) < 4.78 is 5.06. The number of primary amides is 1. The van der Waals surface area contributed by atoms with Gasteiger partial charge in [0.1, 0.15) is 0 Å². The summed E-state index contributed by atoms with van der Waals surface area (Å²) >= 11 is 0. The van der Waals surface area contributed by atoms with Crippen LogP contribution in [0.3, 0.4) is 0 Å². The summed E-state index contributed by atoms with van der Waals surface area (Å²) in [6.07, 6.45) is 2.93. The van der Waals surface area contributed by atoms with Crippen LogP contribution in [-0.4, -0.2) is 32.2 Å². The highest BCUT2D eigenvalue weighted by molar-refractivity contribution is 5.77. The van der Waals surface area contributed by atoms with Crippen molar-refractivity contribution in [1.82, 2.24) is 5.32 Å². The van der Waals surface area contributed by atoms with Gasteiger partial charge < -0.3 is 15.8 Å². The van der Waals surface area contributed by atoms with Gasteiger partial charge in [0.2, 0.25) is 5.91 Å². The average Bonchev–Trinajstić information content (AvgIpc) is 2.25. The fourth-order valence-corrected chi connectivity index (χ4v) is 2.31. The van der Waals surface area contributed by atoms with Gasteiger partial charge in [0.05, 0.1) is 5.92 Å². The molecular formula is C11H22N2O2. The lowest BCUT2D eigenvalue weighted by molar-refractivity contribution is -0.124. The highest BCUT2D eigenvalue weighted by atomic mass is 16.5. The third-order valence-corrected chi connectivity index (χ3v) is 3.26. The van der Waals surface area contributed by atoms with Gasteiger partial charge in [-0.05, 0) is 31.7 Å². The Bertz CT molecular complexity index is 209. The molecule has 4 heteroatoms. The molecule has 1 aliphatic rings. The molecule has 1 heterocycles. The maximum Gasteiger partial charge on any atom is 0.222 e. The Kier molecular flexibility index (Phi) is 5.05. The normalized spacial score (nSPS) is 28.7. The standard InChI is InChI=1S/C11H22N2O2/c1-8(5-7-15-2)10-9(11(12)14)4-3-6-13-10/h8-10,13H,3-7H2,1-2H3,(H2,12,14). The minimum absolute atomic E-state index is 0.00870. The van der Waals surface area contributed by atoms with Crippen molar-refractivity contribution in [1.29, 1.82) is 0 Å². The second-order valence-corrected chi connectivity index (χ2v) is 4.39. The smallest absolute Gasteiger partial charge is 0.222 e.